The zero-order chi connectivity index (χ0) is 23.4. The second-order valence-corrected chi connectivity index (χ2v) is 10.1. The third-order valence-electron chi connectivity index (χ3n) is 4.84. The van der Waals surface area contributed by atoms with Gasteiger partial charge in [-0.25, -0.2) is 0 Å². The van der Waals surface area contributed by atoms with E-state index in [9.17, 15) is 13.2 Å². The summed E-state index contributed by atoms with van der Waals surface area (Å²) in [5.41, 5.74) is 1.19. The lowest BCUT2D eigenvalue weighted by atomic mass is 10.2. The minimum absolute atomic E-state index is 0.0654. The smallest absolute Gasteiger partial charge is 0.340 e. The molecule has 0 atom stereocenters. The van der Waals surface area contributed by atoms with Gasteiger partial charge in [-0.05, 0) is 59.8 Å². The van der Waals surface area contributed by atoms with E-state index in [1.807, 2.05) is 11.4 Å². The lowest BCUT2D eigenvalue weighted by Crippen LogP contribution is -2.29. The SMILES string of the molecule is Cc1cccc(Cl)c1S(=O)(=O)Oc1cccc(CN(Cc2ccco2)C(=O)c2cccs2)c1. The fraction of sp³-hybridized carbons (Fsp3) is 0.125. The summed E-state index contributed by atoms with van der Waals surface area (Å²) in [6, 6.07) is 18.6. The molecule has 0 radical (unpaired) electrons. The first-order valence-corrected chi connectivity index (χ1v) is 12.6. The first kappa shape index (κ1) is 23.1. The van der Waals surface area contributed by atoms with Crippen molar-refractivity contribution >= 4 is 39.0 Å². The Kier molecular flexibility index (Phi) is 6.88. The zero-order valence-electron chi connectivity index (χ0n) is 17.6. The van der Waals surface area contributed by atoms with Gasteiger partial charge in [-0.3, -0.25) is 4.79 Å². The third-order valence-corrected chi connectivity index (χ3v) is 7.58. The van der Waals surface area contributed by atoms with Crippen molar-refractivity contribution in [3.8, 4) is 5.75 Å². The number of amides is 1. The Balaban J connectivity index is 1.58. The van der Waals surface area contributed by atoms with Crippen molar-refractivity contribution in [2.24, 2.45) is 0 Å². The molecule has 33 heavy (non-hydrogen) atoms. The van der Waals surface area contributed by atoms with Crippen LogP contribution in [0.1, 0.15) is 26.6 Å². The molecule has 9 heteroatoms. The highest BCUT2D eigenvalue weighted by Crippen LogP contribution is 2.28. The van der Waals surface area contributed by atoms with Crippen LogP contribution in [-0.4, -0.2) is 19.2 Å². The van der Waals surface area contributed by atoms with Gasteiger partial charge < -0.3 is 13.5 Å². The summed E-state index contributed by atoms with van der Waals surface area (Å²) in [5.74, 6) is 0.629. The Morgan fingerprint density at radius 1 is 1.06 bits per heavy atom. The van der Waals surface area contributed by atoms with Gasteiger partial charge in [0.25, 0.3) is 5.91 Å². The molecule has 2 heterocycles. The van der Waals surface area contributed by atoms with Crippen LogP contribution >= 0.6 is 22.9 Å². The van der Waals surface area contributed by atoms with Crippen LogP contribution in [0, 0.1) is 6.92 Å². The van der Waals surface area contributed by atoms with Crippen LogP contribution < -0.4 is 4.18 Å². The average molecular weight is 502 g/mol. The first-order chi connectivity index (χ1) is 15.8. The summed E-state index contributed by atoms with van der Waals surface area (Å²) in [5, 5.41) is 1.94. The van der Waals surface area contributed by atoms with Crippen molar-refractivity contribution in [1.82, 2.24) is 4.90 Å². The van der Waals surface area contributed by atoms with Gasteiger partial charge in [-0.15, -0.1) is 11.3 Å². The van der Waals surface area contributed by atoms with Gasteiger partial charge >= 0.3 is 10.1 Å². The molecule has 0 aliphatic carbocycles. The predicted octanol–water partition coefficient (Wildman–Crippen LogP) is 5.91. The van der Waals surface area contributed by atoms with E-state index >= 15 is 0 Å². The van der Waals surface area contributed by atoms with E-state index in [1.54, 1.807) is 72.7 Å². The molecule has 2 aromatic carbocycles. The quantitative estimate of drug-likeness (QED) is 0.280. The van der Waals surface area contributed by atoms with Crippen molar-refractivity contribution in [3.63, 3.8) is 0 Å². The van der Waals surface area contributed by atoms with E-state index in [0.29, 0.717) is 21.8 Å². The number of halogens is 1. The number of aryl methyl sites for hydroxylation is 1. The molecule has 2 aromatic heterocycles. The predicted molar refractivity (Wildman–Crippen MR) is 127 cm³/mol. The van der Waals surface area contributed by atoms with Crippen LogP contribution in [0.5, 0.6) is 5.75 Å². The summed E-state index contributed by atoms with van der Waals surface area (Å²) >= 11 is 7.48. The third kappa shape index (κ3) is 5.47. The number of thiophene rings is 1. The Bertz CT molecular complexity index is 1330. The number of furan rings is 1. The number of rotatable bonds is 8. The van der Waals surface area contributed by atoms with Crippen LogP contribution in [0.25, 0.3) is 0 Å². The van der Waals surface area contributed by atoms with Crippen LogP contribution in [0.15, 0.2) is 87.7 Å². The van der Waals surface area contributed by atoms with Gasteiger partial charge in [-0.2, -0.15) is 8.42 Å². The van der Waals surface area contributed by atoms with Crippen molar-refractivity contribution < 1.29 is 21.8 Å². The maximum absolute atomic E-state index is 13.1. The van der Waals surface area contributed by atoms with E-state index < -0.39 is 10.1 Å². The lowest BCUT2D eigenvalue weighted by molar-refractivity contribution is 0.0722. The van der Waals surface area contributed by atoms with Crippen LogP contribution in [0.2, 0.25) is 5.02 Å². The molecular formula is C24H20ClNO5S2. The normalized spacial score (nSPS) is 11.3. The summed E-state index contributed by atoms with van der Waals surface area (Å²) in [7, 11) is -4.14. The molecule has 0 aliphatic rings. The maximum Gasteiger partial charge on any atom is 0.340 e. The summed E-state index contributed by atoms with van der Waals surface area (Å²) in [4.78, 5) is 15.2. The molecule has 170 valence electrons. The Morgan fingerprint density at radius 3 is 2.58 bits per heavy atom. The Hall–Kier alpha value is -3.07. The molecular weight excluding hydrogens is 482 g/mol. The maximum atomic E-state index is 13.1. The molecule has 4 rings (SSSR count). The molecule has 0 aliphatic heterocycles. The fourth-order valence-corrected chi connectivity index (χ4v) is 5.77. The highest BCUT2D eigenvalue weighted by atomic mass is 35.5. The van der Waals surface area contributed by atoms with Crippen LogP contribution in [-0.2, 0) is 23.2 Å². The molecule has 6 nitrogen and oxygen atoms in total. The molecule has 0 N–H and O–H groups in total. The fourth-order valence-electron chi connectivity index (χ4n) is 3.36. The van der Waals surface area contributed by atoms with Gasteiger partial charge in [0.1, 0.15) is 16.4 Å². The second kappa shape index (κ2) is 9.82. The number of benzene rings is 2. The average Bonchev–Trinajstić information content (AvgIpc) is 3.47. The molecule has 0 fully saturated rings. The lowest BCUT2D eigenvalue weighted by Gasteiger charge is -2.21. The number of carbonyl (C=O) groups is 1. The Morgan fingerprint density at radius 2 is 1.88 bits per heavy atom. The van der Waals surface area contributed by atoms with Crippen molar-refractivity contribution in [1.29, 1.82) is 0 Å². The number of hydrogen-bond acceptors (Lipinski definition) is 6. The summed E-state index contributed by atoms with van der Waals surface area (Å²) < 4.78 is 36.5. The summed E-state index contributed by atoms with van der Waals surface area (Å²) in [6.45, 7) is 2.16. The van der Waals surface area contributed by atoms with Crippen LogP contribution in [0.4, 0.5) is 0 Å². The van der Waals surface area contributed by atoms with Gasteiger partial charge in [0.15, 0.2) is 0 Å². The number of nitrogens with zero attached hydrogens (tertiary/aromatic N) is 1. The summed E-state index contributed by atoms with van der Waals surface area (Å²) in [6.07, 6.45) is 1.55. The molecule has 1 amide bonds. The van der Waals surface area contributed by atoms with Crippen molar-refractivity contribution in [2.45, 2.75) is 24.9 Å². The number of hydrogen-bond donors (Lipinski definition) is 0. The first-order valence-electron chi connectivity index (χ1n) is 9.97. The van der Waals surface area contributed by atoms with E-state index in [4.69, 9.17) is 20.2 Å². The van der Waals surface area contributed by atoms with Gasteiger partial charge in [0, 0.05) is 6.54 Å². The molecule has 0 saturated heterocycles. The minimum Gasteiger partial charge on any atom is -0.467 e. The molecule has 0 bridgehead atoms. The highest BCUT2D eigenvalue weighted by Gasteiger charge is 2.23. The standard InChI is InChI=1S/C24H20ClNO5S2/c1-17-6-2-10-21(25)23(17)33(28,29)31-19-8-3-7-18(14-19)15-26(16-20-9-4-12-30-20)24(27)22-11-5-13-32-22/h2-14H,15-16H2,1H3. The second-order valence-electron chi connectivity index (χ2n) is 7.29. The van der Waals surface area contributed by atoms with Crippen molar-refractivity contribution in [3.05, 3.63) is 105 Å². The molecule has 0 unspecified atom stereocenters. The van der Waals surface area contributed by atoms with Crippen LogP contribution in [0.3, 0.4) is 0 Å². The van der Waals surface area contributed by atoms with E-state index in [1.165, 1.54) is 17.4 Å². The van der Waals surface area contributed by atoms with Gasteiger partial charge in [0.2, 0.25) is 0 Å². The topological polar surface area (TPSA) is 76.8 Å². The Labute approximate surface area is 201 Å². The van der Waals surface area contributed by atoms with Crippen molar-refractivity contribution in [2.75, 3.05) is 0 Å². The highest BCUT2D eigenvalue weighted by molar-refractivity contribution is 7.87. The zero-order valence-corrected chi connectivity index (χ0v) is 20.0. The number of carbonyl (C=O) groups excluding carboxylic acids is 1. The monoisotopic (exact) mass is 501 g/mol. The largest absolute Gasteiger partial charge is 0.467 e. The minimum atomic E-state index is -4.14. The molecule has 0 saturated carbocycles. The van der Waals surface area contributed by atoms with E-state index in [0.717, 1.165) is 0 Å². The van der Waals surface area contributed by atoms with E-state index in [-0.39, 0.29) is 34.7 Å². The molecule has 0 spiro atoms. The van der Waals surface area contributed by atoms with Gasteiger partial charge in [0.05, 0.1) is 22.7 Å². The van der Waals surface area contributed by atoms with Gasteiger partial charge in [-0.1, -0.05) is 41.9 Å². The molecule has 4 aromatic rings. The van der Waals surface area contributed by atoms with E-state index in [2.05, 4.69) is 0 Å².